The SMILES string of the molecule is COc1cccc([C@@H]2Cn3nnc(-c4nc(-c5ccc(Br)cc5)no4)c3CO2)c1. The summed E-state index contributed by atoms with van der Waals surface area (Å²) in [7, 11) is 1.65. The van der Waals surface area contributed by atoms with Crippen LogP contribution in [0.5, 0.6) is 5.75 Å². The van der Waals surface area contributed by atoms with E-state index in [1.807, 2.05) is 53.2 Å². The minimum absolute atomic E-state index is 0.131. The second kappa shape index (κ2) is 7.41. The Balaban J connectivity index is 1.40. The van der Waals surface area contributed by atoms with Crippen molar-refractivity contribution in [2.75, 3.05) is 7.11 Å². The molecule has 0 saturated carbocycles. The topological polar surface area (TPSA) is 88.1 Å². The van der Waals surface area contributed by atoms with Crippen molar-refractivity contribution in [2.24, 2.45) is 0 Å². The Morgan fingerprint density at radius 1 is 1.17 bits per heavy atom. The monoisotopic (exact) mass is 453 g/mol. The van der Waals surface area contributed by atoms with Crippen LogP contribution in [0.2, 0.25) is 0 Å². The van der Waals surface area contributed by atoms with E-state index in [0.717, 1.165) is 27.0 Å². The summed E-state index contributed by atoms with van der Waals surface area (Å²) in [6.07, 6.45) is -0.131. The Kier molecular flexibility index (Phi) is 4.61. The number of benzene rings is 2. The molecule has 0 spiro atoms. The fourth-order valence-corrected chi connectivity index (χ4v) is 3.52. The zero-order valence-corrected chi connectivity index (χ0v) is 17.0. The van der Waals surface area contributed by atoms with Crippen molar-refractivity contribution in [2.45, 2.75) is 19.3 Å². The quantitative estimate of drug-likeness (QED) is 0.460. The summed E-state index contributed by atoms with van der Waals surface area (Å²) in [4.78, 5) is 4.48. The van der Waals surface area contributed by atoms with E-state index in [-0.39, 0.29) is 6.10 Å². The highest BCUT2D eigenvalue weighted by Gasteiger charge is 2.28. The van der Waals surface area contributed by atoms with Gasteiger partial charge in [-0.25, -0.2) is 4.68 Å². The number of hydrogen-bond acceptors (Lipinski definition) is 7. The van der Waals surface area contributed by atoms with Crippen molar-refractivity contribution >= 4 is 15.9 Å². The summed E-state index contributed by atoms with van der Waals surface area (Å²) in [6, 6.07) is 15.5. The van der Waals surface area contributed by atoms with Gasteiger partial charge in [0.25, 0.3) is 5.89 Å². The molecule has 4 aromatic rings. The molecule has 0 radical (unpaired) electrons. The molecule has 0 fully saturated rings. The molecule has 0 unspecified atom stereocenters. The van der Waals surface area contributed by atoms with Crippen LogP contribution < -0.4 is 4.74 Å². The molecule has 1 atom stereocenters. The van der Waals surface area contributed by atoms with Crippen LogP contribution in [0.4, 0.5) is 0 Å². The number of aromatic nitrogens is 5. The van der Waals surface area contributed by atoms with Crippen LogP contribution >= 0.6 is 15.9 Å². The van der Waals surface area contributed by atoms with Gasteiger partial charge in [0, 0.05) is 10.0 Å². The van der Waals surface area contributed by atoms with Crippen molar-refractivity contribution in [3.63, 3.8) is 0 Å². The fourth-order valence-electron chi connectivity index (χ4n) is 3.26. The van der Waals surface area contributed by atoms with E-state index in [0.29, 0.717) is 30.6 Å². The lowest BCUT2D eigenvalue weighted by Gasteiger charge is -2.24. The molecule has 0 amide bonds. The first-order valence-corrected chi connectivity index (χ1v) is 9.78. The largest absolute Gasteiger partial charge is 0.497 e. The van der Waals surface area contributed by atoms with Crippen molar-refractivity contribution < 1.29 is 14.0 Å². The molecule has 0 N–H and O–H groups in total. The third-order valence-electron chi connectivity index (χ3n) is 4.79. The molecule has 5 rings (SSSR count). The van der Waals surface area contributed by atoms with E-state index in [9.17, 15) is 0 Å². The third-order valence-corrected chi connectivity index (χ3v) is 5.32. The Morgan fingerprint density at radius 2 is 2.03 bits per heavy atom. The summed E-state index contributed by atoms with van der Waals surface area (Å²) in [5.41, 5.74) is 3.25. The molecular weight excluding hydrogens is 438 g/mol. The number of ether oxygens (including phenoxy) is 2. The number of methoxy groups -OCH3 is 1. The van der Waals surface area contributed by atoms with Crippen molar-refractivity contribution in [1.82, 2.24) is 25.1 Å². The summed E-state index contributed by atoms with van der Waals surface area (Å²) >= 11 is 3.42. The average molecular weight is 454 g/mol. The van der Waals surface area contributed by atoms with Gasteiger partial charge in [-0.2, -0.15) is 4.98 Å². The van der Waals surface area contributed by atoms with Gasteiger partial charge < -0.3 is 14.0 Å². The molecular formula is C20H16BrN5O3. The van der Waals surface area contributed by atoms with Crippen LogP contribution in [0.1, 0.15) is 17.4 Å². The van der Waals surface area contributed by atoms with Gasteiger partial charge in [-0.15, -0.1) is 5.10 Å². The van der Waals surface area contributed by atoms with Crippen LogP contribution in [-0.2, 0) is 17.9 Å². The van der Waals surface area contributed by atoms with Gasteiger partial charge in [-0.3, -0.25) is 0 Å². The number of rotatable bonds is 4. The molecule has 0 bridgehead atoms. The van der Waals surface area contributed by atoms with Crippen molar-refractivity contribution in [3.05, 3.63) is 64.3 Å². The fraction of sp³-hybridized carbons (Fsp3) is 0.200. The molecule has 3 heterocycles. The first-order chi connectivity index (χ1) is 14.2. The van der Waals surface area contributed by atoms with Crippen LogP contribution in [0.3, 0.4) is 0 Å². The minimum Gasteiger partial charge on any atom is -0.497 e. The van der Waals surface area contributed by atoms with Crippen LogP contribution in [-0.4, -0.2) is 32.2 Å². The van der Waals surface area contributed by atoms with E-state index in [1.165, 1.54) is 0 Å². The van der Waals surface area contributed by atoms with Gasteiger partial charge in [-0.1, -0.05) is 38.4 Å². The normalized spacial score (nSPS) is 15.9. The molecule has 29 heavy (non-hydrogen) atoms. The van der Waals surface area contributed by atoms with E-state index in [2.05, 4.69) is 36.4 Å². The van der Waals surface area contributed by atoms with Gasteiger partial charge in [0.05, 0.1) is 26.0 Å². The van der Waals surface area contributed by atoms with Gasteiger partial charge in [0.1, 0.15) is 11.9 Å². The van der Waals surface area contributed by atoms with Gasteiger partial charge in [0.2, 0.25) is 5.82 Å². The Bertz CT molecular complexity index is 1160. The first-order valence-electron chi connectivity index (χ1n) is 8.99. The maximum absolute atomic E-state index is 6.06. The highest BCUT2D eigenvalue weighted by molar-refractivity contribution is 9.10. The standard InChI is InChI=1S/C20H16BrN5O3/c1-27-15-4-2-3-13(9-15)17-10-26-16(11-28-17)18(23-25-26)20-22-19(24-29-20)12-5-7-14(21)8-6-12/h2-9,17H,10-11H2,1H3/t17-/m0/s1. The molecule has 2 aromatic carbocycles. The predicted molar refractivity (Wildman–Crippen MR) is 107 cm³/mol. The molecule has 9 heteroatoms. The van der Waals surface area contributed by atoms with Crippen molar-refractivity contribution in [1.29, 1.82) is 0 Å². The molecule has 2 aromatic heterocycles. The highest BCUT2D eigenvalue weighted by atomic mass is 79.9. The Morgan fingerprint density at radius 3 is 2.86 bits per heavy atom. The van der Waals surface area contributed by atoms with Crippen LogP contribution in [0.25, 0.3) is 23.0 Å². The molecule has 0 saturated heterocycles. The highest BCUT2D eigenvalue weighted by Crippen LogP contribution is 2.32. The maximum Gasteiger partial charge on any atom is 0.280 e. The van der Waals surface area contributed by atoms with E-state index >= 15 is 0 Å². The Labute approximate surface area is 174 Å². The Hall–Kier alpha value is -3.04. The predicted octanol–water partition coefficient (Wildman–Crippen LogP) is 4.04. The molecule has 0 aliphatic carbocycles. The summed E-state index contributed by atoms with van der Waals surface area (Å²) in [5, 5.41) is 12.6. The van der Waals surface area contributed by atoms with E-state index in [4.69, 9.17) is 14.0 Å². The van der Waals surface area contributed by atoms with E-state index < -0.39 is 0 Å². The number of hydrogen-bond donors (Lipinski definition) is 0. The van der Waals surface area contributed by atoms with Gasteiger partial charge in [0.15, 0.2) is 5.69 Å². The first kappa shape index (κ1) is 18.0. The smallest absolute Gasteiger partial charge is 0.280 e. The zero-order chi connectivity index (χ0) is 19.8. The van der Waals surface area contributed by atoms with Crippen LogP contribution in [0, 0.1) is 0 Å². The average Bonchev–Trinajstić information content (AvgIpc) is 3.41. The van der Waals surface area contributed by atoms with Crippen LogP contribution in [0.15, 0.2) is 57.5 Å². The summed E-state index contributed by atoms with van der Waals surface area (Å²) < 4.78 is 19.6. The summed E-state index contributed by atoms with van der Waals surface area (Å²) in [5.74, 6) is 1.62. The number of halogens is 1. The molecule has 8 nitrogen and oxygen atoms in total. The van der Waals surface area contributed by atoms with Crippen molar-refractivity contribution in [3.8, 4) is 28.7 Å². The number of nitrogens with zero attached hydrogens (tertiary/aromatic N) is 5. The minimum atomic E-state index is -0.131. The maximum atomic E-state index is 6.06. The lowest BCUT2D eigenvalue weighted by Crippen LogP contribution is -2.22. The molecule has 146 valence electrons. The lowest BCUT2D eigenvalue weighted by molar-refractivity contribution is -0.00127. The second-order valence-corrected chi connectivity index (χ2v) is 7.49. The molecule has 1 aliphatic heterocycles. The second-order valence-electron chi connectivity index (χ2n) is 6.57. The zero-order valence-electron chi connectivity index (χ0n) is 15.4. The van der Waals surface area contributed by atoms with E-state index in [1.54, 1.807) is 7.11 Å². The third kappa shape index (κ3) is 3.43. The van der Waals surface area contributed by atoms with Gasteiger partial charge >= 0.3 is 0 Å². The summed E-state index contributed by atoms with van der Waals surface area (Å²) in [6.45, 7) is 0.892. The number of fused-ring (bicyclic) bond motifs is 1. The van der Waals surface area contributed by atoms with Gasteiger partial charge in [-0.05, 0) is 42.0 Å². The molecule has 1 aliphatic rings. The lowest BCUT2D eigenvalue weighted by atomic mass is 10.1.